The Balaban J connectivity index is 1.95. The SMILES string of the molecule is Cc1ccc(NC2CCCCCCC2)cc1C. The molecule has 0 aliphatic heterocycles. The summed E-state index contributed by atoms with van der Waals surface area (Å²) < 4.78 is 0. The molecule has 1 heteroatoms. The molecule has 0 amide bonds. The molecule has 1 saturated carbocycles. The van der Waals surface area contributed by atoms with E-state index in [2.05, 4.69) is 37.4 Å². The lowest BCUT2D eigenvalue weighted by atomic mass is 9.96. The minimum Gasteiger partial charge on any atom is -0.382 e. The van der Waals surface area contributed by atoms with Crippen molar-refractivity contribution < 1.29 is 0 Å². The number of benzene rings is 1. The van der Waals surface area contributed by atoms with Crippen LogP contribution in [0.2, 0.25) is 0 Å². The molecule has 0 heterocycles. The fraction of sp³-hybridized carbons (Fsp3) is 0.625. The Morgan fingerprint density at radius 2 is 1.53 bits per heavy atom. The van der Waals surface area contributed by atoms with Crippen LogP contribution in [0.5, 0.6) is 0 Å². The molecule has 1 nitrogen and oxygen atoms in total. The van der Waals surface area contributed by atoms with E-state index in [0.717, 1.165) is 0 Å². The monoisotopic (exact) mass is 231 g/mol. The van der Waals surface area contributed by atoms with Gasteiger partial charge in [0.15, 0.2) is 0 Å². The van der Waals surface area contributed by atoms with Crippen LogP contribution in [0.1, 0.15) is 56.1 Å². The minimum atomic E-state index is 0.692. The van der Waals surface area contributed by atoms with Crippen molar-refractivity contribution in [2.24, 2.45) is 0 Å². The number of hydrogen-bond acceptors (Lipinski definition) is 1. The van der Waals surface area contributed by atoms with Crippen molar-refractivity contribution in [3.05, 3.63) is 29.3 Å². The maximum Gasteiger partial charge on any atom is 0.0345 e. The fourth-order valence-electron chi connectivity index (χ4n) is 2.67. The average Bonchev–Trinajstić information content (AvgIpc) is 2.27. The highest BCUT2D eigenvalue weighted by molar-refractivity contribution is 5.48. The Hall–Kier alpha value is -0.980. The van der Waals surface area contributed by atoms with Crippen molar-refractivity contribution in [2.45, 2.75) is 64.8 Å². The molecule has 0 unspecified atom stereocenters. The normalized spacial score (nSPS) is 18.5. The Morgan fingerprint density at radius 3 is 2.18 bits per heavy atom. The van der Waals surface area contributed by atoms with Gasteiger partial charge in [0.1, 0.15) is 0 Å². The molecule has 0 saturated heterocycles. The summed E-state index contributed by atoms with van der Waals surface area (Å²) in [5.41, 5.74) is 4.08. The Kier molecular flexibility index (Phi) is 4.47. The molecule has 0 spiro atoms. The highest BCUT2D eigenvalue weighted by atomic mass is 14.9. The summed E-state index contributed by atoms with van der Waals surface area (Å²) in [6.07, 6.45) is 9.75. The van der Waals surface area contributed by atoms with E-state index in [4.69, 9.17) is 0 Å². The number of nitrogens with one attached hydrogen (secondary N) is 1. The van der Waals surface area contributed by atoms with Gasteiger partial charge in [0, 0.05) is 11.7 Å². The van der Waals surface area contributed by atoms with Gasteiger partial charge in [0.25, 0.3) is 0 Å². The van der Waals surface area contributed by atoms with Crippen molar-refractivity contribution in [1.29, 1.82) is 0 Å². The van der Waals surface area contributed by atoms with Gasteiger partial charge in [-0.2, -0.15) is 0 Å². The quantitative estimate of drug-likeness (QED) is 0.769. The predicted octanol–water partition coefficient (Wildman–Crippen LogP) is 4.83. The van der Waals surface area contributed by atoms with Crippen LogP contribution < -0.4 is 5.32 Å². The first-order chi connectivity index (χ1) is 8.25. The van der Waals surface area contributed by atoms with Crippen molar-refractivity contribution in [1.82, 2.24) is 0 Å². The Bertz CT molecular complexity index is 349. The summed E-state index contributed by atoms with van der Waals surface area (Å²) in [7, 11) is 0. The van der Waals surface area contributed by atoms with Gasteiger partial charge in [0.2, 0.25) is 0 Å². The molecule has 1 aromatic rings. The number of anilines is 1. The molecule has 17 heavy (non-hydrogen) atoms. The van der Waals surface area contributed by atoms with E-state index in [-0.39, 0.29) is 0 Å². The molecule has 1 aliphatic rings. The average molecular weight is 231 g/mol. The largest absolute Gasteiger partial charge is 0.382 e. The van der Waals surface area contributed by atoms with E-state index in [1.54, 1.807) is 0 Å². The first kappa shape index (κ1) is 12.5. The molecule has 0 bridgehead atoms. The minimum absolute atomic E-state index is 0.692. The summed E-state index contributed by atoms with van der Waals surface area (Å²) in [5.74, 6) is 0. The van der Waals surface area contributed by atoms with Crippen molar-refractivity contribution >= 4 is 5.69 Å². The maximum absolute atomic E-state index is 3.72. The molecular weight excluding hydrogens is 206 g/mol. The lowest BCUT2D eigenvalue weighted by molar-refractivity contribution is 0.471. The molecule has 0 aromatic heterocycles. The zero-order chi connectivity index (χ0) is 12.1. The fourth-order valence-corrected chi connectivity index (χ4v) is 2.67. The number of aryl methyl sites for hydroxylation is 2. The first-order valence-electron chi connectivity index (χ1n) is 7.09. The third-order valence-corrected chi connectivity index (χ3v) is 3.98. The molecule has 0 atom stereocenters. The second-order valence-corrected chi connectivity index (χ2v) is 5.49. The van der Waals surface area contributed by atoms with Crippen molar-refractivity contribution in [3.8, 4) is 0 Å². The highest BCUT2D eigenvalue weighted by Crippen LogP contribution is 2.22. The van der Waals surface area contributed by atoms with Crippen LogP contribution in [-0.4, -0.2) is 6.04 Å². The van der Waals surface area contributed by atoms with Gasteiger partial charge < -0.3 is 5.32 Å². The van der Waals surface area contributed by atoms with E-state index in [1.165, 1.54) is 61.8 Å². The summed E-state index contributed by atoms with van der Waals surface area (Å²) in [5, 5.41) is 3.72. The maximum atomic E-state index is 3.72. The third kappa shape index (κ3) is 3.76. The van der Waals surface area contributed by atoms with Crippen LogP contribution in [0.25, 0.3) is 0 Å². The van der Waals surface area contributed by atoms with Crippen LogP contribution in [0.15, 0.2) is 18.2 Å². The molecule has 1 N–H and O–H groups in total. The zero-order valence-corrected chi connectivity index (χ0v) is 11.3. The van der Waals surface area contributed by atoms with Crippen LogP contribution >= 0.6 is 0 Å². The first-order valence-corrected chi connectivity index (χ1v) is 7.09. The van der Waals surface area contributed by atoms with Gasteiger partial charge in [0.05, 0.1) is 0 Å². The number of hydrogen-bond donors (Lipinski definition) is 1. The molecule has 94 valence electrons. The van der Waals surface area contributed by atoms with E-state index in [1.807, 2.05) is 0 Å². The van der Waals surface area contributed by atoms with E-state index >= 15 is 0 Å². The molecule has 1 fully saturated rings. The van der Waals surface area contributed by atoms with Crippen LogP contribution in [0, 0.1) is 13.8 Å². The highest BCUT2D eigenvalue weighted by Gasteiger charge is 2.11. The van der Waals surface area contributed by atoms with Gasteiger partial charge in [-0.05, 0) is 49.9 Å². The predicted molar refractivity (Wildman–Crippen MR) is 75.6 cm³/mol. The van der Waals surface area contributed by atoms with Crippen molar-refractivity contribution in [3.63, 3.8) is 0 Å². The van der Waals surface area contributed by atoms with E-state index < -0.39 is 0 Å². The second-order valence-electron chi connectivity index (χ2n) is 5.49. The summed E-state index contributed by atoms with van der Waals surface area (Å²) in [6, 6.07) is 7.42. The zero-order valence-electron chi connectivity index (χ0n) is 11.3. The Morgan fingerprint density at radius 1 is 0.882 bits per heavy atom. The van der Waals surface area contributed by atoms with Gasteiger partial charge >= 0.3 is 0 Å². The lowest BCUT2D eigenvalue weighted by Crippen LogP contribution is -2.20. The number of rotatable bonds is 2. The van der Waals surface area contributed by atoms with Gasteiger partial charge in [-0.25, -0.2) is 0 Å². The second kappa shape index (κ2) is 6.09. The molecule has 0 radical (unpaired) electrons. The van der Waals surface area contributed by atoms with Crippen LogP contribution in [0.4, 0.5) is 5.69 Å². The molecule has 1 aliphatic carbocycles. The topological polar surface area (TPSA) is 12.0 Å². The van der Waals surface area contributed by atoms with E-state index in [0.29, 0.717) is 6.04 Å². The van der Waals surface area contributed by atoms with Crippen molar-refractivity contribution in [2.75, 3.05) is 5.32 Å². The van der Waals surface area contributed by atoms with Crippen LogP contribution in [-0.2, 0) is 0 Å². The van der Waals surface area contributed by atoms with Gasteiger partial charge in [-0.15, -0.1) is 0 Å². The lowest BCUT2D eigenvalue weighted by Gasteiger charge is -2.22. The standard InChI is InChI=1S/C16H25N/c1-13-10-11-16(12-14(13)2)17-15-8-6-4-3-5-7-9-15/h10-12,15,17H,3-9H2,1-2H3. The summed E-state index contributed by atoms with van der Waals surface area (Å²) in [6.45, 7) is 4.37. The van der Waals surface area contributed by atoms with Gasteiger partial charge in [-0.1, -0.05) is 38.2 Å². The molecule has 2 rings (SSSR count). The smallest absolute Gasteiger partial charge is 0.0345 e. The van der Waals surface area contributed by atoms with Gasteiger partial charge in [-0.3, -0.25) is 0 Å². The summed E-state index contributed by atoms with van der Waals surface area (Å²) in [4.78, 5) is 0. The molecular formula is C16H25N. The molecule has 1 aromatic carbocycles. The third-order valence-electron chi connectivity index (χ3n) is 3.98. The Labute approximate surface area is 106 Å². The van der Waals surface area contributed by atoms with Crippen LogP contribution in [0.3, 0.4) is 0 Å². The summed E-state index contributed by atoms with van der Waals surface area (Å²) >= 11 is 0. The van der Waals surface area contributed by atoms with E-state index in [9.17, 15) is 0 Å².